The molecule has 0 spiro atoms. The summed E-state index contributed by atoms with van der Waals surface area (Å²) in [7, 11) is 1.69. The van der Waals surface area contributed by atoms with Crippen LogP contribution in [0.2, 0.25) is 0 Å². The van der Waals surface area contributed by atoms with E-state index >= 15 is 0 Å². The number of para-hydroxylation sites is 1. The molecule has 1 unspecified atom stereocenters. The third-order valence-corrected chi connectivity index (χ3v) is 3.97. The second-order valence-electron chi connectivity index (χ2n) is 5.36. The summed E-state index contributed by atoms with van der Waals surface area (Å²) in [5, 5.41) is 0.844. The summed E-state index contributed by atoms with van der Waals surface area (Å²) in [5.41, 5.74) is 7.21. The molecule has 0 saturated carbocycles. The van der Waals surface area contributed by atoms with Gasteiger partial charge in [0.05, 0.1) is 17.2 Å². The monoisotopic (exact) mass is 285 g/mol. The number of anilines is 1. The molecule has 1 fully saturated rings. The third kappa shape index (κ3) is 2.69. The van der Waals surface area contributed by atoms with E-state index in [9.17, 15) is 4.79 Å². The predicted octanol–water partition coefficient (Wildman–Crippen LogP) is 2.07. The number of nitrogen functional groups attached to an aromatic ring is 1. The van der Waals surface area contributed by atoms with Crippen LogP contribution in [0.3, 0.4) is 0 Å². The van der Waals surface area contributed by atoms with Crippen molar-refractivity contribution in [1.82, 2.24) is 9.88 Å². The van der Waals surface area contributed by atoms with Gasteiger partial charge in [0.2, 0.25) is 0 Å². The Balaban J connectivity index is 1.97. The van der Waals surface area contributed by atoms with E-state index in [4.69, 9.17) is 10.5 Å². The number of amides is 1. The lowest BCUT2D eigenvalue weighted by molar-refractivity contribution is 0.0270. The van der Waals surface area contributed by atoms with Gasteiger partial charge in [0.1, 0.15) is 5.82 Å². The number of hydrogen-bond donors (Lipinski definition) is 1. The first-order valence-electron chi connectivity index (χ1n) is 7.16. The number of benzene rings is 1. The van der Waals surface area contributed by atoms with Crippen molar-refractivity contribution >= 4 is 22.6 Å². The molecule has 2 aromatic rings. The Kier molecular flexibility index (Phi) is 3.75. The normalized spacial score (nSPS) is 18.9. The predicted molar refractivity (Wildman–Crippen MR) is 82.1 cm³/mol. The van der Waals surface area contributed by atoms with Gasteiger partial charge >= 0.3 is 0 Å². The molecule has 0 radical (unpaired) electrons. The molecule has 1 aliphatic heterocycles. The van der Waals surface area contributed by atoms with E-state index in [2.05, 4.69) is 4.98 Å². The molecule has 5 heteroatoms. The lowest BCUT2D eigenvalue weighted by atomic mass is 10.0. The molecule has 5 nitrogen and oxygen atoms in total. The van der Waals surface area contributed by atoms with Gasteiger partial charge in [-0.1, -0.05) is 18.2 Å². The lowest BCUT2D eigenvalue weighted by Crippen LogP contribution is -2.43. The Morgan fingerprint density at radius 2 is 2.24 bits per heavy atom. The van der Waals surface area contributed by atoms with E-state index in [-0.39, 0.29) is 12.0 Å². The van der Waals surface area contributed by atoms with Crippen LogP contribution in [0.4, 0.5) is 5.82 Å². The molecule has 1 saturated heterocycles. The van der Waals surface area contributed by atoms with Gasteiger partial charge in [-0.05, 0) is 25.0 Å². The Morgan fingerprint density at radius 1 is 1.43 bits per heavy atom. The van der Waals surface area contributed by atoms with Gasteiger partial charge in [-0.2, -0.15) is 0 Å². The Hall–Kier alpha value is -2.14. The van der Waals surface area contributed by atoms with Crippen LogP contribution in [-0.4, -0.2) is 42.1 Å². The van der Waals surface area contributed by atoms with Crippen LogP contribution < -0.4 is 5.73 Å². The Labute approximate surface area is 123 Å². The summed E-state index contributed by atoms with van der Waals surface area (Å²) >= 11 is 0. The smallest absolute Gasteiger partial charge is 0.254 e. The number of pyridine rings is 1. The SMILES string of the molecule is COC1CCCN(C(=O)c2cc(N)nc3ccccc23)C1. The van der Waals surface area contributed by atoms with E-state index in [1.165, 1.54) is 0 Å². The van der Waals surface area contributed by atoms with Crippen molar-refractivity contribution < 1.29 is 9.53 Å². The zero-order valence-corrected chi connectivity index (χ0v) is 12.1. The van der Waals surface area contributed by atoms with Crippen LogP contribution >= 0.6 is 0 Å². The highest BCUT2D eigenvalue weighted by atomic mass is 16.5. The fourth-order valence-electron chi connectivity index (χ4n) is 2.86. The highest BCUT2D eigenvalue weighted by Gasteiger charge is 2.25. The number of nitrogens with zero attached hydrogens (tertiary/aromatic N) is 2. The second-order valence-corrected chi connectivity index (χ2v) is 5.36. The maximum absolute atomic E-state index is 12.8. The maximum Gasteiger partial charge on any atom is 0.254 e. The van der Waals surface area contributed by atoms with Gasteiger partial charge in [-0.15, -0.1) is 0 Å². The average molecular weight is 285 g/mol. The van der Waals surface area contributed by atoms with Gasteiger partial charge in [0.15, 0.2) is 0 Å². The molecule has 1 aliphatic rings. The van der Waals surface area contributed by atoms with Gasteiger partial charge in [0, 0.05) is 25.6 Å². The summed E-state index contributed by atoms with van der Waals surface area (Å²) in [6.07, 6.45) is 2.08. The third-order valence-electron chi connectivity index (χ3n) is 3.97. The Morgan fingerprint density at radius 3 is 3.05 bits per heavy atom. The molecule has 21 heavy (non-hydrogen) atoms. The van der Waals surface area contributed by atoms with Crippen LogP contribution in [0.25, 0.3) is 10.9 Å². The number of carbonyl (C=O) groups excluding carboxylic acids is 1. The topological polar surface area (TPSA) is 68.5 Å². The second kappa shape index (κ2) is 5.69. The van der Waals surface area contributed by atoms with Gasteiger partial charge in [-0.3, -0.25) is 4.79 Å². The van der Waals surface area contributed by atoms with E-state index in [0.717, 1.165) is 30.3 Å². The number of methoxy groups -OCH3 is 1. The number of carbonyl (C=O) groups is 1. The van der Waals surface area contributed by atoms with Gasteiger partial charge < -0.3 is 15.4 Å². The Bertz CT molecular complexity index is 672. The number of ether oxygens (including phenoxy) is 1. The number of aromatic nitrogens is 1. The van der Waals surface area contributed by atoms with Crippen LogP contribution in [0, 0.1) is 0 Å². The van der Waals surface area contributed by atoms with Crippen molar-refractivity contribution in [3.8, 4) is 0 Å². The first-order chi connectivity index (χ1) is 10.2. The maximum atomic E-state index is 12.8. The fourth-order valence-corrected chi connectivity index (χ4v) is 2.86. The standard InChI is InChI=1S/C16H19N3O2/c1-21-11-5-4-8-19(10-11)16(20)13-9-15(17)18-14-7-3-2-6-12(13)14/h2-3,6-7,9,11H,4-5,8,10H2,1H3,(H2,17,18). The summed E-state index contributed by atoms with van der Waals surface area (Å²) < 4.78 is 5.39. The molecule has 1 amide bonds. The van der Waals surface area contributed by atoms with Crippen molar-refractivity contribution in [2.24, 2.45) is 0 Å². The molecule has 0 bridgehead atoms. The van der Waals surface area contributed by atoms with Crippen LogP contribution in [0.1, 0.15) is 23.2 Å². The van der Waals surface area contributed by atoms with Crippen molar-refractivity contribution in [2.75, 3.05) is 25.9 Å². The number of rotatable bonds is 2. The minimum absolute atomic E-state index is 0.00190. The summed E-state index contributed by atoms with van der Waals surface area (Å²) in [4.78, 5) is 18.9. The number of fused-ring (bicyclic) bond motifs is 1. The summed E-state index contributed by atoms with van der Waals surface area (Å²) in [6.45, 7) is 1.39. The number of likely N-dealkylation sites (tertiary alicyclic amines) is 1. The fraction of sp³-hybridized carbons (Fsp3) is 0.375. The number of piperidine rings is 1. The number of nitrogens with two attached hydrogens (primary N) is 1. The van der Waals surface area contributed by atoms with Crippen molar-refractivity contribution in [3.63, 3.8) is 0 Å². The first kappa shape index (κ1) is 13.8. The molecule has 1 aromatic carbocycles. The molecular weight excluding hydrogens is 266 g/mol. The molecule has 2 N–H and O–H groups in total. The summed E-state index contributed by atoms with van der Waals surface area (Å²) in [6, 6.07) is 9.25. The minimum Gasteiger partial charge on any atom is -0.384 e. The van der Waals surface area contributed by atoms with Crippen molar-refractivity contribution in [3.05, 3.63) is 35.9 Å². The zero-order chi connectivity index (χ0) is 14.8. The van der Waals surface area contributed by atoms with Crippen LogP contribution in [0.5, 0.6) is 0 Å². The molecule has 110 valence electrons. The van der Waals surface area contributed by atoms with Crippen LogP contribution in [-0.2, 0) is 4.74 Å². The molecule has 2 heterocycles. The van der Waals surface area contributed by atoms with Crippen molar-refractivity contribution in [2.45, 2.75) is 18.9 Å². The highest BCUT2D eigenvalue weighted by molar-refractivity contribution is 6.06. The largest absolute Gasteiger partial charge is 0.384 e. The van der Waals surface area contributed by atoms with Gasteiger partial charge in [-0.25, -0.2) is 4.98 Å². The first-order valence-corrected chi connectivity index (χ1v) is 7.16. The molecule has 1 atom stereocenters. The molecule has 3 rings (SSSR count). The highest BCUT2D eigenvalue weighted by Crippen LogP contribution is 2.23. The lowest BCUT2D eigenvalue weighted by Gasteiger charge is -2.32. The van der Waals surface area contributed by atoms with E-state index in [0.29, 0.717) is 17.9 Å². The number of hydrogen-bond acceptors (Lipinski definition) is 4. The van der Waals surface area contributed by atoms with Crippen LogP contribution in [0.15, 0.2) is 30.3 Å². The van der Waals surface area contributed by atoms with E-state index in [1.807, 2.05) is 29.2 Å². The summed E-state index contributed by atoms with van der Waals surface area (Å²) in [5.74, 6) is 0.374. The van der Waals surface area contributed by atoms with Gasteiger partial charge in [0.25, 0.3) is 5.91 Å². The zero-order valence-electron chi connectivity index (χ0n) is 12.1. The van der Waals surface area contributed by atoms with E-state index < -0.39 is 0 Å². The van der Waals surface area contributed by atoms with Crippen molar-refractivity contribution in [1.29, 1.82) is 0 Å². The minimum atomic E-state index is 0.00190. The van der Waals surface area contributed by atoms with E-state index in [1.54, 1.807) is 13.2 Å². The molecule has 0 aliphatic carbocycles. The molecule has 1 aromatic heterocycles. The average Bonchev–Trinajstić information content (AvgIpc) is 2.53. The quantitative estimate of drug-likeness (QED) is 0.917. The molecular formula is C16H19N3O2.